The van der Waals surface area contributed by atoms with Gasteiger partial charge in [0, 0.05) is 0 Å². The zero-order chi connectivity index (χ0) is 9.30. The highest BCUT2D eigenvalue weighted by Gasteiger charge is 2.41. The molecule has 13 heavy (non-hydrogen) atoms. The van der Waals surface area contributed by atoms with Crippen LogP contribution in [0.2, 0.25) is 0 Å². The number of nitrogens with two attached hydrogens (primary N) is 1. The lowest BCUT2D eigenvalue weighted by molar-refractivity contribution is -0.248. The van der Waals surface area contributed by atoms with Crippen LogP contribution in [0, 0.1) is 0 Å². The molecule has 6 nitrogen and oxygen atoms in total. The number of hydrogen-bond acceptors (Lipinski definition) is 6. The van der Waals surface area contributed by atoms with Crippen LogP contribution < -0.4 is 5.73 Å². The maximum absolute atomic E-state index is 9.20. The van der Waals surface area contributed by atoms with E-state index in [0.717, 1.165) is 0 Å². The quantitative estimate of drug-likeness (QED) is 0.277. The lowest BCUT2D eigenvalue weighted by Gasteiger charge is -2.38. The molecule has 0 spiro atoms. The first-order valence-corrected chi connectivity index (χ1v) is 3.64. The van der Waals surface area contributed by atoms with Gasteiger partial charge in [0.2, 0.25) is 0 Å². The smallest absolute Gasteiger partial charge is 0.316 e. The maximum atomic E-state index is 9.20. The summed E-state index contributed by atoms with van der Waals surface area (Å²) in [6.45, 7) is -0.470. The molecule has 1 aliphatic heterocycles. The van der Waals surface area contributed by atoms with Crippen molar-refractivity contribution in [1.29, 1.82) is 0 Å². The van der Waals surface area contributed by atoms with E-state index < -0.39 is 37.3 Å². The van der Waals surface area contributed by atoms with E-state index in [1.165, 1.54) is 0 Å². The molecule has 1 rings (SSSR count). The van der Waals surface area contributed by atoms with Gasteiger partial charge in [0.1, 0.15) is 18.3 Å². The van der Waals surface area contributed by atoms with Crippen LogP contribution in [-0.4, -0.2) is 80.7 Å². The highest BCUT2D eigenvalue weighted by Crippen LogP contribution is 2.17. The Balaban J connectivity index is 0.00000144. The predicted molar refractivity (Wildman–Crippen MR) is 46.5 cm³/mol. The molecule has 0 bridgehead atoms. The van der Waals surface area contributed by atoms with E-state index in [9.17, 15) is 10.2 Å². The highest BCUT2D eigenvalue weighted by atomic mass is 24.3. The molecule has 0 saturated carbocycles. The van der Waals surface area contributed by atoms with Gasteiger partial charge in [-0.1, -0.05) is 0 Å². The summed E-state index contributed by atoms with van der Waals surface area (Å²) in [6.07, 6.45) is -4.85. The molecule has 1 unspecified atom stereocenters. The van der Waals surface area contributed by atoms with Crippen molar-refractivity contribution < 1.29 is 25.2 Å². The molecule has 0 radical (unpaired) electrons. The summed E-state index contributed by atoms with van der Waals surface area (Å²) in [5.74, 6) is 0. The van der Waals surface area contributed by atoms with Gasteiger partial charge in [0.15, 0.2) is 6.29 Å². The van der Waals surface area contributed by atoms with Crippen LogP contribution in [0.5, 0.6) is 0 Å². The second-order valence-electron chi connectivity index (χ2n) is 2.81. The van der Waals surface area contributed by atoms with E-state index in [0.29, 0.717) is 0 Å². The summed E-state index contributed by atoms with van der Waals surface area (Å²) in [4.78, 5) is 0. The summed E-state index contributed by atoms with van der Waals surface area (Å²) < 4.78 is 4.70. The molecule has 1 fully saturated rings. The summed E-state index contributed by atoms with van der Waals surface area (Å²) in [5.41, 5.74) is 5.26. The van der Waals surface area contributed by atoms with Crippen molar-refractivity contribution in [2.24, 2.45) is 5.73 Å². The van der Waals surface area contributed by atoms with Crippen molar-refractivity contribution in [3.63, 3.8) is 0 Å². The van der Waals surface area contributed by atoms with Crippen LogP contribution in [-0.2, 0) is 4.74 Å². The molecular weight excluding hydrogens is 190 g/mol. The van der Waals surface area contributed by atoms with Crippen molar-refractivity contribution in [3.8, 4) is 0 Å². The highest BCUT2D eigenvalue weighted by molar-refractivity contribution is 5.75. The zero-order valence-corrected chi connectivity index (χ0v) is 6.37. The molecule has 0 aromatic heterocycles. The third-order valence-corrected chi connectivity index (χ3v) is 1.95. The molecule has 0 amide bonds. The zero-order valence-electron chi connectivity index (χ0n) is 6.37. The molecule has 0 aromatic rings. The van der Waals surface area contributed by atoms with Crippen molar-refractivity contribution in [2.75, 3.05) is 6.61 Å². The van der Waals surface area contributed by atoms with E-state index in [2.05, 4.69) is 0 Å². The number of hydrogen-bond donors (Lipinski definition) is 5. The van der Waals surface area contributed by atoms with Gasteiger partial charge in [-0.15, -0.1) is 0 Å². The first kappa shape index (κ1) is 13.5. The van der Waals surface area contributed by atoms with Crippen LogP contribution in [0.1, 0.15) is 0 Å². The van der Waals surface area contributed by atoms with Gasteiger partial charge in [0.25, 0.3) is 0 Å². The minimum absolute atomic E-state index is 0. The Bertz CT molecular complexity index is 155. The molecule has 1 heterocycles. The first-order chi connectivity index (χ1) is 5.57. The Morgan fingerprint density at radius 2 is 1.69 bits per heavy atom. The van der Waals surface area contributed by atoms with Gasteiger partial charge in [-0.05, 0) is 0 Å². The third-order valence-electron chi connectivity index (χ3n) is 1.95. The van der Waals surface area contributed by atoms with Crippen LogP contribution in [0.3, 0.4) is 0 Å². The van der Waals surface area contributed by atoms with E-state index >= 15 is 0 Å². The number of aliphatic hydroxyl groups excluding tert-OH is 4. The van der Waals surface area contributed by atoms with Crippen molar-refractivity contribution in [3.05, 3.63) is 0 Å². The third kappa shape index (κ3) is 2.74. The van der Waals surface area contributed by atoms with Crippen LogP contribution >= 0.6 is 0 Å². The summed E-state index contributed by atoms with van der Waals surface area (Å²) >= 11 is 0. The molecule has 1 aliphatic rings. The van der Waals surface area contributed by atoms with Gasteiger partial charge in [-0.2, -0.15) is 0 Å². The predicted octanol–water partition coefficient (Wildman–Crippen LogP) is -4.17. The Kier molecular flexibility index (Phi) is 5.64. The summed E-state index contributed by atoms with van der Waals surface area (Å²) in [6, 6.07) is -1.04. The Hall–Kier alpha value is 0.526. The molecule has 76 valence electrons. The van der Waals surface area contributed by atoms with Gasteiger partial charge < -0.3 is 30.9 Å². The molecule has 1 saturated heterocycles. The average molecular weight is 205 g/mol. The number of aliphatic hydroxyl groups is 4. The van der Waals surface area contributed by atoms with Gasteiger partial charge in [0.05, 0.1) is 12.6 Å². The van der Waals surface area contributed by atoms with Crippen LogP contribution in [0.4, 0.5) is 0 Å². The van der Waals surface area contributed by atoms with E-state index in [1.807, 2.05) is 0 Å². The summed E-state index contributed by atoms with van der Waals surface area (Å²) in [5, 5.41) is 36.1. The minimum Gasteiger partial charge on any atom is -0.394 e. The number of rotatable bonds is 1. The fraction of sp³-hybridized carbons (Fsp3) is 1.00. The Morgan fingerprint density at radius 1 is 1.15 bits per heavy atom. The second-order valence-corrected chi connectivity index (χ2v) is 2.81. The topological polar surface area (TPSA) is 116 Å². The Morgan fingerprint density at radius 3 is 2.15 bits per heavy atom. The van der Waals surface area contributed by atoms with Crippen molar-refractivity contribution in [2.45, 2.75) is 30.6 Å². The lowest BCUT2D eigenvalue weighted by atomic mass is 9.98. The summed E-state index contributed by atoms with van der Waals surface area (Å²) in [7, 11) is 0. The molecule has 7 heteroatoms. The van der Waals surface area contributed by atoms with E-state index in [-0.39, 0.29) is 23.1 Å². The van der Waals surface area contributed by atoms with Gasteiger partial charge in [-0.3, -0.25) is 0 Å². The Labute approximate surface area is 91.5 Å². The molecule has 5 atom stereocenters. The van der Waals surface area contributed by atoms with Gasteiger partial charge in [-0.25, -0.2) is 0 Å². The first-order valence-electron chi connectivity index (χ1n) is 3.64. The molecule has 0 aromatic carbocycles. The fourth-order valence-corrected chi connectivity index (χ4v) is 1.12. The van der Waals surface area contributed by atoms with Crippen LogP contribution in [0.25, 0.3) is 0 Å². The lowest BCUT2D eigenvalue weighted by Crippen LogP contribution is -2.61. The maximum Gasteiger partial charge on any atom is 0.316 e. The van der Waals surface area contributed by atoms with Crippen molar-refractivity contribution in [1.82, 2.24) is 0 Å². The van der Waals surface area contributed by atoms with Crippen LogP contribution in [0.15, 0.2) is 0 Å². The SMILES string of the molecule is N[C@H]1C(O)O[C@H](CO)[C@@H](O)[C@@H]1O.[MgH2]. The largest absolute Gasteiger partial charge is 0.394 e. The molecular formula is C6H15MgNO5. The van der Waals surface area contributed by atoms with E-state index in [1.54, 1.807) is 0 Å². The standard InChI is InChI=1S/C6H13NO5.Mg.2H/c7-3-5(10)4(9)2(1-8)12-6(3)11;;;/h2-6,8-11H,1,7H2;;;/t2-,3-,4-,5-,6?;;;/m1.../s1. The molecule has 0 aliphatic carbocycles. The monoisotopic (exact) mass is 205 g/mol. The van der Waals surface area contributed by atoms with E-state index in [4.69, 9.17) is 20.7 Å². The van der Waals surface area contributed by atoms with Crippen molar-refractivity contribution >= 4 is 23.1 Å². The number of ether oxygens (including phenoxy) is 1. The second kappa shape index (κ2) is 5.42. The normalized spacial score (nSPS) is 45.5. The average Bonchev–Trinajstić information content (AvgIpc) is 2.08. The fourth-order valence-electron chi connectivity index (χ4n) is 1.12. The minimum atomic E-state index is -1.35. The molecule has 6 N–H and O–H groups in total. The van der Waals surface area contributed by atoms with Gasteiger partial charge >= 0.3 is 23.1 Å².